The van der Waals surface area contributed by atoms with Gasteiger partial charge in [0.1, 0.15) is 12.2 Å². The molecular formula is C30H38N2O5. The van der Waals surface area contributed by atoms with E-state index in [0.717, 1.165) is 22.3 Å². The Balaban J connectivity index is 1.52. The smallest absolute Gasteiger partial charge is 0.407 e. The van der Waals surface area contributed by atoms with Gasteiger partial charge in [0, 0.05) is 18.9 Å². The van der Waals surface area contributed by atoms with Gasteiger partial charge in [-0.05, 0) is 68.7 Å². The monoisotopic (exact) mass is 506 g/mol. The van der Waals surface area contributed by atoms with Gasteiger partial charge >= 0.3 is 12.2 Å². The highest BCUT2D eigenvalue weighted by Crippen LogP contribution is 2.44. The highest BCUT2D eigenvalue weighted by molar-refractivity contribution is 5.87. The van der Waals surface area contributed by atoms with Gasteiger partial charge in [0.15, 0.2) is 5.78 Å². The second-order valence-electron chi connectivity index (χ2n) is 10.2. The molecule has 7 heteroatoms. The van der Waals surface area contributed by atoms with Gasteiger partial charge in [-0.3, -0.25) is 4.79 Å². The maximum Gasteiger partial charge on any atom is 0.407 e. The van der Waals surface area contributed by atoms with Crippen LogP contribution in [0.25, 0.3) is 11.1 Å². The Labute approximate surface area is 219 Å². The summed E-state index contributed by atoms with van der Waals surface area (Å²) < 4.78 is 10.9. The predicted molar refractivity (Wildman–Crippen MR) is 145 cm³/mol. The molecule has 198 valence electrons. The SMILES string of the molecule is C=CCCC(=O)C(CCCCNC(=O)OC(C)(C)C)NC(=O)OCC1c2ccccc2-c2ccccc21. The van der Waals surface area contributed by atoms with E-state index in [0.29, 0.717) is 38.6 Å². The number of carbonyl (C=O) groups is 3. The molecule has 0 spiro atoms. The summed E-state index contributed by atoms with van der Waals surface area (Å²) in [6.07, 6.45) is 3.20. The Morgan fingerprint density at radius 2 is 1.59 bits per heavy atom. The van der Waals surface area contributed by atoms with Gasteiger partial charge in [-0.2, -0.15) is 0 Å². The maximum atomic E-state index is 12.7. The molecule has 1 aliphatic carbocycles. The summed E-state index contributed by atoms with van der Waals surface area (Å²) in [6.45, 7) is 9.71. The minimum Gasteiger partial charge on any atom is -0.449 e. The first-order valence-electron chi connectivity index (χ1n) is 12.9. The topological polar surface area (TPSA) is 93.7 Å². The third-order valence-corrected chi connectivity index (χ3v) is 6.21. The molecule has 37 heavy (non-hydrogen) atoms. The Hall–Kier alpha value is -3.61. The molecular weight excluding hydrogens is 468 g/mol. The van der Waals surface area contributed by atoms with Crippen molar-refractivity contribution in [2.45, 2.75) is 70.4 Å². The fourth-order valence-electron chi connectivity index (χ4n) is 4.49. The van der Waals surface area contributed by atoms with E-state index >= 15 is 0 Å². The first-order valence-corrected chi connectivity index (χ1v) is 12.9. The highest BCUT2D eigenvalue weighted by Gasteiger charge is 2.29. The van der Waals surface area contributed by atoms with Gasteiger partial charge in [-0.25, -0.2) is 9.59 Å². The van der Waals surface area contributed by atoms with Crippen LogP contribution in [0.4, 0.5) is 9.59 Å². The molecule has 2 aromatic carbocycles. The Morgan fingerprint density at radius 1 is 0.973 bits per heavy atom. The van der Waals surface area contributed by atoms with Crippen LogP contribution >= 0.6 is 0 Å². The number of hydrogen-bond acceptors (Lipinski definition) is 5. The van der Waals surface area contributed by atoms with Crippen LogP contribution in [0.5, 0.6) is 0 Å². The van der Waals surface area contributed by atoms with Gasteiger partial charge < -0.3 is 20.1 Å². The lowest BCUT2D eigenvalue weighted by atomic mass is 9.98. The van der Waals surface area contributed by atoms with Crippen molar-refractivity contribution in [2.24, 2.45) is 0 Å². The van der Waals surface area contributed by atoms with Crippen molar-refractivity contribution in [3.8, 4) is 11.1 Å². The second kappa shape index (κ2) is 13.1. The van der Waals surface area contributed by atoms with Crippen molar-refractivity contribution in [2.75, 3.05) is 13.2 Å². The zero-order valence-electron chi connectivity index (χ0n) is 22.0. The zero-order chi connectivity index (χ0) is 26.8. The van der Waals surface area contributed by atoms with Crippen LogP contribution in [0.1, 0.15) is 69.9 Å². The van der Waals surface area contributed by atoms with Crippen molar-refractivity contribution in [1.29, 1.82) is 0 Å². The van der Waals surface area contributed by atoms with Crippen LogP contribution in [-0.4, -0.2) is 42.8 Å². The number of ketones is 1. The number of benzene rings is 2. The normalized spacial score (nSPS) is 13.2. The second-order valence-corrected chi connectivity index (χ2v) is 10.2. The lowest BCUT2D eigenvalue weighted by Crippen LogP contribution is -2.41. The summed E-state index contributed by atoms with van der Waals surface area (Å²) in [4.78, 5) is 37.3. The molecule has 0 radical (unpaired) electrons. The third-order valence-electron chi connectivity index (χ3n) is 6.21. The van der Waals surface area contributed by atoms with Crippen LogP contribution in [0.2, 0.25) is 0 Å². The summed E-state index contributed by atoms with van der Waals surface area (Å²) in [5.41, 5.74) is 4.02. The number of rotatable bonds is 12. The molecule has 2 aromatic rings. The van der Waals surface area contributed by atoms with E-state index < -0.39 is 23.8 Å². The van der Waals surface area contributed by atoms with Crippen molar-refractivity contribution >= 4 is 18.0 Å². The molecule has 7 nitrogen and oxygen atoms in total. The maximum absolute atomic E-state index is 12.7. The van der Waals surface area contributed by atoms with Crippen molar-refractivity contribution in [1.82, 2.24) is 10.6 Å². The molecule has 1 unspecified atom stereocenters. The number of carbonyl (C=O) groups excluding carboxylic acids is 3. The molecule has 0 aliphatic heterocycles. The van der Waals surface area contributed by atoms with E-state index in [-0.39, 0.29) is 18.3 Å². The van der Waals surface area contributed by atoms with Gasteiger partial charge in [-0.15, -0.1) is 6.58 Å². The van der Waals surface area contributed by atoms with Gasteiger partial charge in [0.2, 0.25) is 0 Å². The third kappa shape index (κ3) is 8.20. The summed E-state index contributed by atoms with van der Waals surface area (Å²) in [5.74, 6) is -0.111. The van der Waals surface area contributed by atoms with Crippen molar-refractivity contribution in [3.63, 3.8) is 0 Å². The number of unbranched alkanes of at least 4 members (excludes halogenated alkanes) is 1. The molecule has 3 rings (SSSR count). The Bertz CT molecular complexity index is 1060. The van der Waals surface area contributed by atoms with E-state index in [4.69, 9.17) is 9.47 Å². The van der Waals surface area contributed by atoms with Gasteiger partial charge in [0.25, 0.3) is 0 Å². The fraction of sp³-hybridized carbons (Fsp3) is 0.433. The van der Waals surface area contributed by atoms with E-state index in [2.05, 4.69) is 41.5 Å². The lowest BCUT2D eigenvalue weighted by Gasteiger charge is -2.20. The van der Waals surface area contributed by atoms with Crippen LogP contribution in [0.15, 0.2) is 61.2 Å². The molecule has 0 heterocycles. The predicted octanol–water partition coefficient (Wildman–Crippen LogP) is 6.12. The largest absolute Gasteiger partial charge is 0.449 e. The van der Waals surface area contributed by atoms with E-state index in [9.17, 15) is 14.4 Å². The molecule has 2 amide bonds. The molecule has 2 N–H and O–H groups in total. The van der Waals surface area contributed by atoms with Gasteiger partial charge in [-0.1, -0.05) is 54.6 Å². The van der Waals surface area contributed by atoms with E-state index in [1.165, 1.54) is 0 Å². The molecule has 0 fully saturated rings. The van der Waals surface area contributed by atoms with Gasteiger partial charge in [0.05, 0.1) is 6.04 Å². The van der Waals surface area contributed by atoms with Crippen LogP contribution in [-0.2, 0) is 14.3 Å². The van der Waals surface area contributed by atoms with Crippen LogP contribution in [0, 0.1) is 0 Å². The molecule has 1 aliphatic rings. The Morgan fingerprint density at radius 3 is 2.19 bits per heavy atom. The number of hydrogen-bond donors (Lipinski definition) is 2. The number of nitrogens with one attached hydrogen (secondary N) is 2. The average molecular weight is 507 g/mol. The van der Waals surface area contributed by atoms with Crippen molar-refractivity contribution < 1.29 is 23.9 Å². The van der Waals surface area contributed by atoms with E-state index in [1.807, 2.05) is 24.3 Å². The Kier molecular flexibility index (Phi) is 9.89. The number of alkyl carbamates (subject to hydrolysis) is 2. The number of amides is 2. The molecule has 0 saturated carbocycles. The first kappa shape index (κ1) is 28.0. The average Bonchev–Trinajstić information content (AvgIpc) is 3.17. The summed E-state index contributed by atoms with van der Waals surface area (Å²) >= 11 is 0. The van der Waals surface area contributed by atoms with Crippen molar-refractivity contribution in [3.05, 3.63) is 72.3 Å². The number of ether oxygens (including phenoxy) is 2. The first-order chi connectivity index (χ1) is 17.7. The molecule has 1 atom stereocenters. The summed E-state index contributed by atoms with van der Waals surface area (Å²) in [6, 6.07) is 15.6. The van der Waals surface area contributed by atoms with E-state index in [1.54, 1.807) is 26.8 Å². The van der Waals surface area contributed by atoms with Crippen LogP contribution < -0.4 is 10.6 Å². The lowest BCUT2D eigenvalue weighted by molar-refractivity contribution is -0.121. The molecule has 0 saturated heterocycles. The minimum atomic E-state index is -0.655. The quantitative estimate of drug-likeness (QED) is 0.267. The summed E-state index contributed by atoms with van der Waals surface area (Å²) in [5, 5.41) is 5.48. The zero-order valence-corrected chi connectivity index (χ0v) is 22.0. The molecule has 0 aromatic heterocycles. The number of fused-ring (bicyclic) bond motifs is 3. The fourth-order valence-corrected chi connectivity index (χ4v) is 4.49. The summed E-state index contributed by atoms with van der Waals surface area (Å²) in [7, 11) is 0. The van der Waals surface area contributed by atoms with Crippen LogP contribution in [0.3, 0.4) is 0 Å². The number of allylic oxidation sites excluding steroid dienone is 1. The standard InChI is InChI=1S/C30H38N2O5/c1-5-6-18-27(33)26(17-11-12-19-31-28(34)37-30(2,3)4)32-29(35)36-20-25-23-15-9-7-13-21(23)22-14-8-10-16-24(22)25/h5,7-10,13-16,25-26H,1,6,11-12,17-20H2,2-4H3,(H,31,34)(H,32,35). The minimum absolute atomic E-state index is 0.0491. The number of Topliss-reactive ketones (excluding diaryl/α,β-unsaturated/α-hetero) is 1. The highest BCUT2D eigenvalue weighted by atomic mass is 16.6. The molecule has 0 bridgehead atoms.